The second kappa shape index (κ2) is 13.4. The summed E-state index contributed by atoms with van der Waals surface area (Å²) in [6.45, 7) is 9.28. The number of pyridine rings is 1. The van der Waals surface area contributed by atoms with E-state index in [0.717, 1.165) is 40.6 Å². The van der Waals surface area contributed by atoms with E-state index in [4.69, 9.17) is 9.84 Å². The van der Waals surface area contributed by atoms with Crippen molar-refractivity contribution in [3.05, 3.63) is 55.0 Å². The molecule has 4 N–H and O–H groups in total. The van der Waals surface area contributed by atoms with E-state index in [1.165, 1.54) is 6.07 Å². The average Bonchev–Trinajstić information content (AvgIpc) is 3.51. The van der Waals surface area contributed by atoms with Crippen molar-refractivity contribution < 1.29 is 44.5 Å². The Bertz CT molecular complexity index is 1510. The van der Waals surface area contributed by atoms with E-state index in [0.29, 0.717) is 19.8 Å². The molecule has 0 amide bonds. The largest absolute Gasteiger partial charge is 1.00 e. The van der Waals surface area contributed by atoms with E-state index in [9.17, 15) is 10.1 Å². The standard InChI is InChI=1S/C26H30N8O3Si.Li.2H2O/c1-38(2,3)11-10-37-18-32-9-6-21-23(29-17-30-24(21)32)19-12-31-34(14-19)26(7-8-27)15-33(16-26)20-4-5-22(25(35)36)28-13-20;;;/h4-6,9,12-14,17H,7,10-11,15-16,18H2,1-3H3,(H,35,36);;2*1H2/q;+1;;/p-1. The van der Waals surface area contributed by atoms with Crippen molar-refractivity contribution >= 4 is 30.8 Å². The van der Waals surface area contributed by atoms with Crippen LogP contribution in [0.5, 0.6) is 0 Å². The van der Waals surface area contributed by atoms with Crippen molar-refractivity contribution in [3.63, 3.8) is 0 Å². The number of hydrogen-bond acceptors (Lipinski definition) is 9. The Hall–Kier alpha value is -3.57. The van der Waals surface area contributed by atoms with Gasteiger partial charge in [-0.3, -0.25) is 4.68 Å². The number of aromatic nitrogens is 6. The van der Waals surface area contributed by atoms with Crippen molar-refractivity contribution in [2.75, 3.05) is 24.6 Å². The van der Waals surface area contributed by atoms with Gasteiger partial charge in [0.15, 0.2) is 0 Å². The van der Waals surface area contributed by atoms with Crippen LogP contribution in [0, 0.1) is 11.3 Å². The topological polar surface area (TPSA) is 196 Å². The van der Waals surface area contributed by atoms with Gasteiger partial charge in [-0.05, 0) is 24.2 Å². The van der Waals surface area contributed by atoms with Gasteiger partial charge in [0.2, 0.25) is 0 Å². The second-order valence-corrected chi connectivity index (χ2v) is 16.5. The molecule has 4 aromatic rings. The first-order valence-corrected chi connectivity index (χ1v) is 16.1. The maximum atomic E-state index is 11.1. The number of hydrogen-bond donors (Lipinski definition) is 1. The summed E-state index contributed by atoms with van der Waals surface area (Å²) in [6.07, 6.45) is 9.06. The molecule has 1 fully saturated rings. The van der Waals surface area contributed by atoms with E-state index in [1.54, 1.807) is 24.8 Å². The molecule has 0 atom stereocenters. The maximum absolute atomic E-state index is 11.1. The molecule has 0 aliphatic carbocycles. The third-order valence-electron chi connectivity index (χ3n) is 6.84. The molecule has 1 aliphatic rings. The van der Waals surface area contributed by atoms with Crippen LogP contribution in [0.15, 0.2) is 49.3 Å². The zero-order valence-corrected chi connectivity index (χ0v) is 24.7. The molecule has 0 aromatic carbocycles. The average molecular weight is 573 g/mol. The predicted octanol–water partition coefficient (Wildman–Crippen LogP) is -0.168. The number of aromatic carboxylic acids is 1. The predicted molar refractivity (Wildman–Crippen MR) is 150 cm³/mol. The summed E-state index contributed by atoms with van der Waals surface area (Å²) in [7, 11) is -1.15. The van der Waals surface area contributed by atoms with Gasteiger partial charge in [0.05, 0.1) is 36.3 Å². The van der Waals surface area contributed by atoms with Gasteiger partial charge < -0.3 is 30.3 Å². The van der Waals surface area contributed by atoms with Gasteiger partial charge >= 0.3 is 24.8 Å². The van der Waals surface area contributed by atoms with Gasteiger partial charge in [0.25, 0.3) is 0 Å². The van der Waals surface area contributed by atoms with Gasteiger partial charge in [-0.25, -0.2) is 19.7 Å². The van der Waals surface area contributed by atoms with Crippen molar-refractivity contribution in [2.45, 2.75) is 44.4 Å². The van der Waals surface area contributed by atoms with E-state index >= 15 is 0 Å². The van der Waals surface area contributed by atoms with Gasteiger partial charge in [-0.1, -0.05) is 19.6 Å². The molecule has 212 valence electrons. The van der Waals surface area contributed by atoms with E-state index in [-0.39, 0.29) is 41.9 Å². The summed E-state index contributed by atoms with van der Waals surface area (Å²) < 4.78 is 9.76. The van der Waals surface area contributed by atoms with Crippen LogP contribution in [-0.4, -0.2) is 79.1 Å². The van der Waals surface area contributed by atoms with Crippen LogP contribution in [-0.2, 0) is 17.0 Å². The number of carbonyl (C=O) groups is 1. The second-order valence-electron chi connectivity index (χ2n) is 10.9. The van der Waals surface area contributed by atoms with Crippen molar-refractivity contribution in [3.8, 4) is 17.3 Å². The Morgan fingerprint density at radius 3 is 2.56 bits per heavy atom. The number of anilines is 1. The molecule has 0 radical (unpaired) electrons. The summed E-state index contributed by atoms with van der Waals surface area (Å²) in [5.74, 6) is -1.06. The molecule has 0 spiro atoms. The molecule has 41 heavy (non-hydrogen) atoms. The first-order chi connectivity index (χ1) is 18.2. The summed E-state index contributed by atoms with van der Waals surface area (Å²) in [5.41, 5.74) is 2.73. The Kier molecular flexibility index (Phi) is 11.0. The Morgan fingerprint density at radius 1 is 1.17 bits per heavy atom. The third kappa shape index (κ3) is 7.02. The zero-order valence-electron chi connectivity index (χ0n) is 23.7. The Labute approximate surface area is 250 Å². The molecule has 5 rings (SSSR count). The minimum absolute atomic E-state index is 0. The molecule has 1 aliphatic heterocycles. The molecule has 0 saturated carbocycles. The van der Waals surface area contributed by atoms with Crippen LogP contribution in [0.4, 0.5) is 5.69 Å². The monoisotopic (exact) mass is 572 g/mol. The normalized spacial score (nSPS) is 13.8. The number of carboxylic acids is 1. The minimum atomic E-state index is -1.15. The molecule has 1 saturated heterocycles. The number of carboxylic acid groups (broad SMARTS) is 1. The Morgan fingerprint density at radius 2 is 1.93 bits per heavy atom. The molecule has 5 heterocycles. The SMILES string of the molecule is C[Si](C)(C)CCOCn1ccc2c(-c3cnn(C4(CC#N)CN(c5ccc(C(=O)O)nc5)C4)c3)ncnc21.O.[Li+].[OH-]. The number of ether oxygens (including phenoxy) is 1. The summed E-state index contributed by atoms with van der Waals surface area (Å²) >= 11 is 0. The van der Waals surface area contributed by atoms with E-state index < -0.39 is 19.6 Å². The fraction of sp³-hybridized carbons (Fsp3) is 0.385. The molecule has 0 bridgehead atoms. The van der Waals surface area contributed by atoms with Gasteiger partial charge in [0.1, 0.15) is 29.9 Å². The van der Waals surface area contributed by atoms with Crippen LogP contribution in [0.3, 0.4) is 0 Å². The first kappa shape index (κ1) is 33.6. The quantitative estimate of drug-likeness (QED) is 0.197. The molecule has 0 unspecified atom stereocenters. The molecule has 13 nitrogen and oxygen atoms in total. The van der Waals surface area contributed by atoms with E-state index in [2.05, 4.69) is 50.7 Å². The number of nitrogens with zero attached hydrogens (tertiary/aromatic N) is 8. The summed E-state index contributed by atoms with van der Waals surface area (Å²) in [5, 5.41) is 24.2. The number of fused-ring (bicyclic) bond motifs is 1. The van der Waals surface area contributed by atoms with Crippen molar-refractivity contribution in [1.82, 2.24) is 29.3 Å². The molecule has 15 heteroatoms. The minimum Gasteiger partial charge on any atom is -0.870 e. The summed E-state index contributed by atoms with van der Waals surface area (Å²) in [4.78, 5) is 26.2. The first-order valence-electron chi connectivity index (χ1n) is 12.4. The maximum Gasteiger partial charge on any atom is 1.00 e. The van der Waals surface area contributed by atoms with Gasteiger partial charge in [-0.2, -0.15) is 10.4 Å². The fourth-order valence-corrected chi connectivity index (χ4v) is 5.37. The van der Waals surface area contributed by atoms with E-state index in [1.807, 2.05) is 27.7 Å². The summed E-state index contributed by atoms with van der Waals surface area (Å²) in [6, 6.07) is 8.62. The van der Waals surface area contributed by atoms with Crippen LogP contribution < -0.4 is 23.8 Å². The van der Waals surface area contributed by atoms with Crippen molar-refractivity contribution in [1.29, 1.82) is 5.26 Å². The van der Waals surface area contributed by atoms with Crippen LogP contribution in [0.1, 0.15) is 16.9 Å². The van der Waals surface area contributed by atoms with Gasteiger partial charge in [-0.15, -0.1) is 0 Å². The van der Waals surface area contributed by atoms with Crippen molar-refractivity contribution in [2.24, 2.45) is 0 Å². The fourth-order valence-electron chi connectivity index (χ4n) is 4.61. The van der Waals surface area contributed by atoms with Crippen LogP contribution >= 0.6 is 0 Å². The molecular formula is C26H33LiN8O5Si. The number of rotatable bonds is 10. The van der Waals surface area contributed by atoms with Crippen LogP contribution in [0.25, 0.3) is 22.3 Å². The van der Waals surface area contributed by atoms with Crippen LogP contribution in [0.2, 0.25) is 25.7 Å². The smallest absolute Gasteiger partial charge is 0.870 e. The third-order valence-corrected chi connectivity index (χ3v) is 8.54. The number of nitriles is 1. The Balaban J connectivity index is 0.00000196. The molecule has 4 aromatic heterocycles. The molecular weight excluding hydrogens is 539 g/mol. The van der Waals surface area contributed by atoms with Gasteiger partial charge in [0, 0.05) is 51.1 Å². The zero-order chi connectivity index (χ0) is 26.9.